The number of ether oxygens (including phenoxy) is 2. The number of unbranched alkanes of at least 4 members (excludes halogenated alkanes) is 3. The Morgan fingerprint density at radius 2 is 1.17 bits per heavy atom. The van der Waals surface area contributed by atoms with Crippen molar-refractivity contribution in [2.75, 3.05) is 37.9 Å². The highest BCUT2D eigenvalue weighted by molar-refractivity contribution is 5.57. The van der Waals surface area contributed by atoms with E-state index in [1.54, 1.807) is 0 Å². The molecule has 0 fully saturated rings. The summed E-state index contributed by atoms with van der Waals surface area (Å²) in [6.45, 7) is 1.05. The van der Waals surface area contributed by atoms with Crippen LogP contribution in [-0.2, 0) is 0 Å². The Kier molecular flexibility index (Phi) is 8.54. The van der Waals surface area contributed by atoms with Crippen molar-refractivity contribution in [3.05, 3.63) is 44.5 Å². The van der Waals surface area contributed by atoms with Crippen molar-refractivity contribution in [1.29, 1.82) is 0 Å². The van der Waals surface area contributed by atoms with Crippen LogP contribution < -0.4 is 20.1 Å². The van der Waals surface area contributed by atoms with E-state index in [2.05, 4.69) is 20.6 Å². The fourth-order valence-corrected chi connectivity index (χ4v) is 2.67. The van der Waals surface area contributed by atoms with Gasteiger partial charge in [-0.1, -0.05) is 12.8 Å². The van der Waals surface area contributed by atoms with Gasteiger partial charge in [0.2, 0.25) is 23.4 Å². The first kappa shape index (κ1) is 22.6. The van der Waals surface area contributed by atoms with Gasteiger partial charge in [0.15, 0.2) is 0 Å². The Bertz CT molecular complexity index is 807. The van der Waals surface area contributed by atoms with Crippen molar-refractivity contribution >= 4 is 23.0 Å². The number of aromatic nitrogens is 2. The number of rotatable bonds is 13. The third-order valence-electron chi connectivity index (χ3n) is 4.20. The molecule has 0 amide bonds. The van der Waals surface area contributed by atoms with Crippen LogP contribution in [0.25, 0.3) is 0 Å². The molecule has 30 heavy (non-hydrogen) atoms. The first-order chi connectivity index (χ1) is 14.5. The Hall–Kier alpha value is -3.70. The maximum atomic E-state index is 11.1. The van der Waals surface area contributed by atoms with Gasteiger partial charge in [-0.25, -0.2) is 0 Å². The molecule has 0 aliphatic carbocycles. The van der Waals surface area contributed by atoms with Crippen LogP contribution in [0, 0.1) is 20.2 Å². The summed E-state index contributed by atoms with van der Waals surface area (Å²) in [6.07, 6.45) is 3.32. The molecular weight excluding hydrogens is 396 g/mol. The fourth-order valence-electron chi connectivity index (χ4n) is 2.67. The van der Waals surface area contributed by atoms with Crippen LogP contribution >= 0.6 is 0 Å². The third-order valence-corrected chi connectivity index (χ3v) is 4.20. The monoisotopic (exact) mass is 420 g/mol. The molecule has 2 heterocycles. The van der Waals surface area contributed by atoms with Gasteiger partial charge in [-0.05, 0) is 12.8 Å². The van der Waals surface area contributed by atoms with E-state index in [-0.39, 0.29) is 23.0 Å². The van der Waals surface area contributed by atoms with Crippen molar-refractivity contribution in [2.24, 2.45) is 0 Å². The van der Waals surface area contributed by atoms with E-state index >= 15 is 0 Å². The van der Waals surface area contributed by atoms with Gasteiger partial charge in [-0.15, -0.1) is 0 Å². The SMILES string of the molecule is COc1ccc([N+](=O)[O-])c(NCCCCCCNc2nc(OC)ccc2[N+](=O)[O-])n1. The van der Waals surface area contributed by atoms with Gasteiger partial charge in [0, 0.05) is 37.4 Å². The van der Waals surface area contributed by atoms with Crippen molar-refractivity contribution in [2.45, 2.75) is 25.7 Å². The Balaban J connectivity index is 1.72. The quantitative estimate of drug-likeness (QED) is 0.280. The van der Waals surface area contributed by atoms with Gasteiger partial charge in [0.25, 0.3) is 0 Å². The molecule has 0 bridgehead atoms. The predicted octanol–water partition coefficient (Wildman–Crippen LogP) is 3.39. The molecule has 2 N–H and O–H groups in total. The van der Waals surface area contributed by atoms with E-state index < -0.39 is 9.85 Å². The number of nitro groups is 2. The lowest BCUT2D eigenvalue weighted by atomic mass is 10.2. The maximum Gasteiger partial charge on any atom is 0.311 e. The van der Waals surface area contributed by atoms with E-state index in [0.717, 1.165) is 25.7 Å². The van der Waals surface area contributed by atoms with Crippen LogP contribution in [0.2, 0.25) is 0 Å². The molecular formula is C18H24N6O6. The molecule has 0 aliphatic heterocycles. The van der Waals surface area contributed by atoms with E-state index in [9.17, 15) is 20.2 Å². The standard InChI is InChI=1S/C18H24N6O6/c1-29-15-9-7-13(23(25)26)17(21-15)19-11-5-3-4-6-12-20-18-14(24(27)28)8-10-16(22-18)30-2/h7-10H,3-6,11-12H2,1-2H3,(H,19,21)(H,20,22). The molecule has 0 saturated carbocycles. The maximum absolute atomic E-state index is 11.1. The molecule has 162 valence electrons. The molecule has 2 aromatic rings. The molecule has 12 nitrogen and oxygen atoms in total. The third kappa shape index (κ3) is 6.43. The van der Waals surface area contributed by atoms with Gasteiger partial charge in [-0.3, -0.25) is 20.2 Å². The lowest BCUT2D eigenvalue weighted by molar-refractivity contribution is -0.384. The summed E-state index contributed by atoms with van der Waals surface area (Å²) in [6, 6.07) is 5.59. The van der Waals surface area contributed by atoms with Crippen LogP contribution in [0.15, 0.2) is 24.3 Å². The second-order valence-electron chi connectivity index (χ2n) is 6.22. The summed E-state index contributed by atoms with van der Waals surface area (Å²) in [5, 5.41) is 28.1. The van der Waals surface area contributed by atoms with Crippen LogP contribution in [0.3, 0.4) is 0 Å². The second kappa shape index (κ2) is 11.3. The average molecular weight is 420 g/mol. The van der Waals surface area contributed by atoms with Crippen LogP contribution in [-0.4, -0.2) is 47.1 Å². The first-order valence-electron chi connectivity index (χ1n) is 9.33. The number of pyridine rings is 2. The second-order valence-corrected chi connectivity index (χ2v) is 6.22. The molecule has 12 heteroatoms. The van der Waals surface area contributed by atoms with Crippen molar-refractivity contribution in [3.63, 3.8) is 0 Å². The normalized spacial score (nSPS) is 10.3. The molecule has 2 aromatic heterocycles. The topological polar surface area (TPSA) is 155 Å². The highest BCUT2D eigenvalue weighted by Gasteiger charge is 2.17. The smallest absolute Gasteiger partial charge is 0.311 e. The number of nitrogens with one attached hydrogen (secondary N) is 2. The van der Waals surface area contributed by atoms with E-state index in [0.29, 0.717) is 24.8 Å². The van der Waals surface area contributed by atoms with Crippen molar-refractivity contribution < 1.29 is 19.3 Å². The summed E-state index contributed by atoms with van der Waals surface area (Å²) in [7, 11) is 2.89. The number of hydrogen-bond acceptors (Lipinski definition) is 10. The minimum absolute atomic E-state index is 0.104. The molecule has 0 aromatic carbocycles. The molecule has 0 unspecified atom stereocenters. The van der Waals surface area contributed by atoms with Crippen molar-refractivity contribution in [3.8, 4) is 11.8 Å². The van der Waals surface area contributed by atoms with Gasteiger partial charge < -0.3 is 20.1 Å². The summed E-state index contributed by atoms with van der Waals surface area (Å²) in [5.74, 6) is 0.957. The largest absolute Gasteiger partial charge is 0.481 e. The predicted molar refractivity (Wildman–Crippen MR) is 110 cm³/mol. The minimum atomic E-state index is -0.494. The molecule has 2 rings (SSSR count). The van der Waals surface area contributed by atoms with E-state index in [1.807, 2.05) is 0 Å². The van der Waals surface area contributed by atoms with Gasteiger partial charge >= 0.3 is 11.4 Å². The number of methoxy groups -OCH3 is 2. The zero-order valence-corrected chi connectivity index (χ0v) is 16.8. The van der Waals surface area contributed by atoms with Crippen LogP contribution in [0.1, 0.15) is 25.7 Å². The highest BCUT2D eigenvalue weighted by atomic mass is 16.6. The molecule has 0 radical (unpaired) electrons. The van der Waals surface area contributed by atoms with Gasteiger partial charge in [-0.2, -0.15) is 9.97 Å². The molecule has 0 aliphatic rings. The Labute approximate surface area is 172 Å². The number of nitrogens with zero attached hydrogens (tertiary/aromatic N) is 4. The summed E-state index contributed by atoms with van der Waals surface area (Å²) >= 11 is 0. The summed E-state index contributed by atoms with van der Waals surface area (Å²) in [5.41, 5.74) is -0.209. The Morgan fingerprint density at radius 3 is 1.50 bits per heavy atom. The highest BCUT2D eigenvalue weighted by Crippen LogP contribution is 2.26. The number of anilines is 2. The lowest BCUT2D eigenvalue weighted by Gasteiger charge is -2.09. The summed E-state index contributed by atoms with van der Waals surface area (Å²) in [4.78, 5) is 29.3. The zero-order valence-electron chi connectivity index (χ0n) is 16.8. The molecule has 0 atom stereocenters. The first-order valence-corrected chi connectivity index (χ1v) is 9.33. The van der Waals surface area contributed by atoms with Gasteiger partial charge in [0.1, 0.15) is 0 Å². The molecule has 0 spiro atoms. The zero-order chi connectivity index (χ0) is 21.9. The van der Waals surface area contributed by atoms with Gasteiger partial charge in [0.05, 0.1) is 24.1 Å². The van der Waals surface area contributed by atoms with E-state index in [4.69, 9.17) is 9.47 Å². The van der Waals surface area contributed by atoms with Crippen molar-refractivity contribution in [1.82, 2.24) is 9.97 Å². The van der Waals surface area contributed by atoms with Crippen LogP contribution in [0.5, 0.6) is 11.8 Å². The van der Waals surface area contributed by atoms with Crippen LogP contribution in [0.4, 0.5) is 23.0 Å². The molecule has 0 saturated heterocycles. The minimum Gasteiger partial charge on any atom is -0.481 e. The fraction of sp³-hybridized carbons (Fsp3) is 0.444. The number of hydrogen-bond donors (Lipinski definition) is 2. The average Bonchev–Trinajstić information content (AvgIpc) is 2.74. The summed E-state index contributed by atoms with van der Waals surface area (Å²) < 4.78 is 10.00. The Morgan fingerprint density at radius 1 is 0.767 bits per heavy atom. The van der Waals surface area contributed by atoms with E-state index in [1.165, 1.54) is 38.5 Å². The lowest BCUT2D eigenvalue weighted by Crippen LogP contribution is -2.08.